The van der Waals surface area contributed by atoms with E-state index in [0.29, 0.717) is 0 Å². The van der Waals surface area contributed by atoms with Gasteiger partial charge in [0.15, 0.2) is 0 Å². The van der Waals surface area contributed by atoms with Crippen LogP contribution in [-0.4, -0.2) is 42.3 Å². The lowest BCUT2D eigenvalue weighted by atomic mass is 9.91. The molecule has 1 heterocycles. The van der Waals surface area contributed by atoms with Gasteiger partial charge in [-0.15, -0.1) is 0 Å². The lowest BCUT2D eigenvalue weighted by Gasteiger charge is -2.33. The zero-order valence-electron chi connectivity index (χ0n) is 10.8. The molecule has 1 aliphatic heterocycles. The van der Waals surface area contributed by atoms with Gasteiger partial charge < -0.3 is 15.3 Å². The predicted octanol–water partition coefficient (Wildman–Crippen LogP) is 2.71. The van der Waals surface area contributed by atoms with Crippen molar-refractivity contribution in [2.24, 2.45) is 0 Å². The van der Waals surface area contributed by atoms with Crippen molar-refractivity contribution in [2.45, 2.75) is 24.8 Å². The molecule has 100 valence electrons. The summed E-state index contributed by atoms with van der Waals surface area (Å²) < 4.78 is 1.06. The molecule has 1 saturated heterocycles. The molecular formula is C14H21BrN2O. The largest absolute Gasteiger partial charge is 0.394 e. The fraction of sp³-hybridized carbons (Fsp3) is 0.571. The average Bonchev–Trinajstić information content (AvgIpc) is 2.53. The second-order valence-electron chi connectivity index (χ2n) is 5.23. The zero-order chi connectivity index (χ0) is 13.0. The molecule has 0 spiro atoms. The van der Waals surface area contributed by atoms with E-state index in [1.165, 1.54) is 0 Å². The molecule has 1 aromatic carbocycles. The highest BCUT2D eigenvalue weighted by atomic mass is 79.9. The van der Waals surface area contributed by atoms with Gasteiger partial charge in [0.05, 0.1) is 12.1 Å². The van der Waals surface area contributed by atoms with Crippen LogP contribution in [0, 0.1) is 0 Å². The van der Waals surface area contributed by atoms with E-state index in [-0.39, 0.29) is 12.1 Å². The Labute approximate surface area is 117 Å². The minimum atomic E-state index is -0.175. The molecule has 1 atom stereocenters. The lowest BCUT2D eigenvalue weighted by Crippen LogP contribution is -2.42. The van der Waals surface area contributed by atoms with Crippen LogP contribution in [0.1, 0.15) is 19.3 Å². The molecule has 1 fully saturated rings. The van der Waals surface area contributed by atoms with Gasteiger partial charge in [-0.2, -0.15) is 0 Å². The number of benzene rings is 1. The summed E-state index contributed by atoms with van der Waals surface area (Å²) in [4.78, 5) is 2.33. The smallest absolute Gasteiger partial charge is 0.0662 e. The van der Waals surface area contributed by atoms with E-state index >= 15 is 0 Å². The van der Waals surface area contributed by atoms with Gasteiger partial charge in [0.1, 0.15) is 0 Å². The maximum absolute atomic E-state index is 9.79. The second-order valence-corrected chi connectivity index (χ2v) is 6.15. The summed E-state index contributed by atoms with van der Waals surface area (Å²) in [5.41, 5.74) is 0.897. The summed E-state index contributed by atoms with van der Waals surface area (Å²) in [6.45, 7) is 2.33. The van der Waals surface area contributed by atoms with E-state index in [2.05, 4.69) is 45.3 Å². The first-order valence-corrected chi connectivity index (χ1v) is 7.26. The number of aliphatic hydroxyl groups excluding tert-OH is 1. The summed E-state index contributed by atoms with van der Waals surface area (Å²) >= 11 is 3.48. The normalized spacial score (nSPS) is 25.7. The standard InChI is InChI=1S/C14H21BrN2O/c1-17-8-3-6-14(11-18,7-9-17)16-13-5-2-4-12(15)10-13/h2,4-5,10,16,18H,3,6-9,11H2,1H3. The van der Waals surface area contributed by atoms with Crippen LogP contribution in [0.2, 0.25) is 0 Å². The van der Waals surface area contributed by atoms with Crippen LogP contribution in [0.3, 0.4) is 0 Å². The predicted molar refractivity (Wildman–Crippen MR) is 78.9 cm³/mol. The van der Waals surface area contributed by atoms with Crippen molar-refractivity contribution in [1.29, 1.82) is 0 Å². The van der Waals surface area contributed by atoms with E-state index in [4.69, 9.17) is 0 Å². The molecule has 0 aromatic heterocycles. The van der Waals surface area contributed by atoms with E-state index in [1.54, 1.807) is 0 Å². The number of rotatable bonds is 3. The van der Waals surface area contributed by atoms with E-state index in [0.717, 1.165) is 42.5 Å². The molecule has 0 amide bonds. The van der Waals surface area contributed by atoms with Crippen molar-refractivity contribution in [3.63, 3.8) is 0 Å². The minimum Gasteiger partial charge on any atom is -0.394 e. The number of hydrogen-bond acceptors (Lipinski definition) is 3. The van der Waals surface area contributed by atoms with Gasteiger partial charge >= 0.3 is 0 Å². The molecule has 2 rings (SSSR count). The molecule has 0 radical (unpaired) electrons. The van der Waals surface area contributed by atoms with Crippen molar-refractivity contribution in [1.82, 2.24) is 4.90 Å². The minimum absolute atomic E-state index is 0.175. The van der Waals surface area contributed by atoms with Crippen LogP contribution in [0.25, 0.3) is 0 Å². The molecule has 0 saturated carbocycles. The molecule has 3 nitrogen and oxygen atoms in total. The summed E-state index contributed by atoms with van der Waals surface area (Å²) in [6, 6.07) is 8.14. The average molecular weight is 313 g/mol. The number of anilines is 1. The Kier molecular flexibility index (Phi) is 4.65. The number of aliphatic hydroxyl groups is 1. The first-order valence-electron chi connectivity index (χ1n) is 6.47. The Bertz CT molecular complexity index is 399. The van der Waals surface area contributed by atoms with Crippen LogP contribution < -0.4 is 5.32 Å². The highest BCUT2D eigenvalue weighted by Crippen LogP contribution is 2.27. The summed E-state index contributed by atoms with van der Waals surface area (Å²) in [6.07, 6.45) is 3.12. The van der Waals surface area contributed by atoms with Gasteiger partial charge in [0.2, 0.25) is 0 Å². The maximum atomic E-state index is 9.79. The number of likely N-dealkylation sites (tertiary alicyclic amines) is 1. The molecule has 0 bridgehead atoms. The fourth-order valence-electron chi connectivity index (χ4n) is 2.52. The molecule has 18 heavy (non-hydrogen) atoms. The topological polar surface area (TPSA) is 35.5 Å². The monoisotopic (exact) mass is 312 g/mol. The van der Waals surface area contributed by atoms with Crippen molar-refractivity contribution in [3.05, 3.63) is 28.7 Å². The Morgan fingerprint density at radius 3 is 2.94 bits per heavy atom. The highest BCUT2D eigenvalue weighted by Gasteiger charge is 2.31. The van der Waals surface area contributed by atoms with Crippen LogP contribution in [0.4, 0.5) is 5.69 Å². The summed E-state index contributed by atoms with van der Waals surface area (Å²) in [5.74, 6) is 0. The first-order chi connectivity index (χ1) is 8.63. The maximum Gasteiger partial charge on any atom is 0.0662 e. The van der Waals surface area contributed by atoms with Crippen molar-refractivity contribution < 1.29 is 5.11 Å². The molecule has 0 aliphatic carbocycles. The van der Waals surface area contributed by atoms with E-state index < -0.39 is 0 Å². The van der Waals surface area contributed by atoms with Gasteiger partial charge in [0.25, 0.3) is 0 Å². The molecule has 4 heteroatoms. The Balaban J connectivity index is 2.12. The Morgan fingerprint density at radius 2 is 2.22 bits per heavy atom. The second kappa shape index (κ2) is 6.04. The van der Waals surface area contributed by atoms with Gasteiger partial charge in [0, 0.05) is 16.7 Å². The van der Waals surface area contributed by atoms with Gasteiger partial charge in [-0.05, 0) is 51.1 Å². The Hall–Kier alpha value is -0.580. The van der Waals surface area contributed by atoms with Gasteiger partial charge in [-0.3, -0.25) is 0 Å². The number of hydrogen-bond donors (Lipinski definition) is 2. The Morgan fingerprint density at radius 1 is 1.39 bits per heavy atom. The van der Waals surface area contributed by atoms with Crippen LogP contribution >= 0.6 is 15.9 Å². The van der Waals surface area contributed by atoms with Crippen molar-refractivity contribution in [3.8, 4) is 0 Å². The third kappa shape index (κ3) is 3.46. The zero-order valence-corrected chi connectivity index (χ0v) is 12.4. The number of nitrogens with one attached hydrogen (secondary N) is 1. The van der Waals surface area contributed by atoms with E-state index in [9.17, 15) is 5.11 Å². The van der Waals surface area contributed by atoms with Crippen LogP contribution in [0.15, 0.2) is 28.7 Å². The van der Waals surface area contributed by atoms with Crippen LogP contribution in [0.5, 0.6) is 0 Å². The molecule has 1 aromatic rings. The van der Waals surface area contributed by atoms with E-state index in [1.807, 2.05) is 12.1 Å². The SMILES string of the molecule is CN1CCCC(CO)(Nc2cccc(Br)c2)CC1. The van der Waals surface area contributed by atoms with Crippen LogP contribution in [-0.2, 0) is 0 Å². The lowest BCUT2D eigenvalue weighted by molar-refractivity contribution is 0.195. The van der Waals surface area contributed by atoms with Gasteiger partial charge in [-0.25, -0.2) is 0 Å². The molecule has 1 unspecified atom stereocenters. The first kappa shape index (κ1) is 13.8. The third-order valence-corrected chi connectivity index (χ3v) is 4.20. The summed E-state index contributed by atoms with van der Waals surface area (Å²) in [5, 5.41) is 13.3. The number of halogens is 1. The molecule has 2 N–H and O–H groups in total. The summed E-state index contributed by atoms with van der Waals surface area (Å²) in [7, 11) is 2.15. The molecule has 1 aliphatic rings. The fourth-order valence-corrected chi connectivity index (χ4v) is 2.92. The highest BCUT2D eigenvalue weighted by molar-refractivity contribution is 9.10. The number of nitrogens with zero attached hydrogens (tertiary/aromatic N) is 1. The van der Waals surface area contributed by atoms with Gasteiger partial charge in [-0.1, -0.05) is 22.0 Å². The van der Waals surface area contributed by atoms with Crippen molar-refractivity contribution in [2.75, 3.05) is 32.1 Å². The quantitative estimate of drug-likeness (QED) is 0.901. The van der Waals surface area contributed by atoms with Crippen molar-refractivity contribution >= 4 is 21.6 Å². The molecular weight excluding hydrogens is 292 g/mol. The third-order valence-electron chi connectivity index (χ3n) is 3.70.